The Labute approximate surface area is 148 Å². The summed E-state index contributed by atoms with van der Waals surface area (Å²) in [6, 6.07) is 11.6. The van der Waals surface area contributed by atoms with Crippen molar-refractivity contribution >= 4 is 5.91 Å². The molecule has 2 N–H and O–H groups in total. The molecule has 1 unspecified atom stereocenters. The van der Waals surface area contributed by atoms with Crippen LogP contribution in [0.5, 0.6) is 5.75 Å². The topological polar surface area (TPSA) is 63.2 Å². The number of pyridine rings is 1. The summed E-state index contributed by atoms with van der Waals surface area (Å²) in [4.78, 5) is 17.2. The molecule has 1 aliphatic rings. The number of aryl methyl sites for hydroxylation is 1. The Morgan fingerprint density at radius 3 is 2.60 bits per heavy atom. The fraction of sp³-hybridized carbons (Fsp3) is 0.400. The van der Waals surface area contributed by atoms with Crippen LogP contribution in [0.25, 0.3) is 0 Å². The molecule has 1 aliphatic heterocycles. The van der Waals surface area contributed by atoms with Gasteiger partial charge in [-0.3, -0.25) is 9.78 Å². The van der Waals surface area contributed by atoms with E-state index in [4.69, 9.17) is 4.74 Å². The monoisotopic (exact) mass is 339 g/mol. The van der Waals surface area contributed by atoms with Crippen LogP contribution >= 0.6 is 0 Å². The number of nitrogens with one attached hydrogen (secondary N) is 2. The molecule has 2 aromatic rings. The third-order valence-corrected chi connectivity index (χ3v) is 4.69. The number of nitrogens with zero attached hydrogens (tertiary/aromatic N) is 1. The zero-order valence-corrected chi connectivity index (χ0v) is 14.8. The van der Waals surface area contributed by atoms with Gasteiger partial charge in [0.1, 0.15) is 5.75 Å². The molecule has 1 atom stereocenters. The van der Waals surface area contributed by atoms with Gasteiger partial charge in [-0.25, -0.2) is 0 Å². The molecular weight excluding hydrogens is 314 g/mol. The Bertz CT molecular complexity index is 695. The number of hydrogen-bond donors (Lipinski definition) is 2. The molecule has 1 aromatic heterocycles. The Kier molecular flexibility index (Phi) is 5.34. The maximum Gasteiger partial charge on any atom is 0.264 e. The van der Waals surface area contributed by atoms with E-state index in [2.05, 4.69) is 15.6 Å². The van der Waals surface area contributed by atoms with E-state index >= 15 is 0 Å². The summed E-state index contributed by atoms with van der Waals surface area (Å²) in [7, 11) is 0. The Balaban J connectivity index is 1.77. The maximum absolute atomic E-state index is 13.1. The van der Waals surface area contributed by atoms with Gasteiger partial charge in [-0.2, -0.15) is 0 Å². The van der Waals surface area contributed by atoms with E-state index in [-0.39, 0.29) is 11.9 Å². The van der Waals surface area contributed by atoms with Crippen LogP contribution < -0.4 is 15.4 Å². The highest BCUT2D eigenvalue weighted by Crippen LogP contribution is 2.28. The van der Waals surface area contributed by atoms with Gasteiger partial charge in [-0.15, -0.1) is 0 Å². The van der Waals surface area contributed by atoms with Crippen LogP contribution in [-0.2, 0) is 4.79 Å². The molecule has 132 valence electrons. The molecule has 1 saturated heterocycles. The summed E-state index contributed by atoms with van der Waals surface area (Å²) in [5, 5.41) is 6.41. The first-order valence-corrected chi connectivity index (χ1v) is 8.76. The summed E-state index contributed by atoms with van der Waals surface area (Å²) < 4.78 is 6.23. The van der Waals surface area contributed by atoms with Crippen molar-refractivity contribution in [3.05, 3.63) is 59.9 Å². The smallest absolute Gasteiger partial charge is 0.264 e. The SMILES string of the molecule is Cc1ccc(OC2(C(=O)NC(C)c3cccnc3)CCNCC2)cc1. The largest absolute Gasteiger partial charge is 0.477 e. The van der Waals surface area contributed by atoms with E-state index in [1.54, 1.807) is 12.4 Å². The zero-order valence-electron chi connectivity index (χ0n) is 14.8. The van der Waals surface area contributed by atoms with Crippen LogP contribution in [0, 0.1) is 6.92 Å². The van der Waals surface area contributed by atoms with Gasteiger partial charge in [-0.1, -0.05) is 23.8 Å². The number of rotatable bonds is 5. The van der Waals surface area contributed by atoms with Gasteiger partial charge >= 0.3 is 0 Å². The second kappa shape index (κ2) is 7.66. The van der Waals surface area contributed by atoms with Crippen molar-refractivity contribution < 1.29 is 9.53 Å². The van der Waals surface area contributed by atoms with E-state index < -0.39 is 5.60 Å². The van der Waals surface area contributed by atoms with Crippen molar-refractivity contribution in [3.63, 3.8) is 0 Å². The highest BCUT2D eigenvalue weighted by molar-refractivity contribution is 5.86. The van der Waals surface area contributed by atoms with Crippen molar-refractivity contribution in [2.45, 2.75) is 38.3 Å². The van der Waals surface area contributed by atoms with E-state index in [9.17, 15) is 4.79 Å². The molecule has 2 heterocycles. The first-order chi connectivity index (χ1) is 12.1. The average molecular weight is 339 g/mol. The molecule has 1 amide bonds. The van der Waals surface area contributed by atoms with Gasteiger partial charge in [0.15, 0.2) is 5.60 Å². The average Bonchev–Trinajstić information content (AvgIpc) is 2.65. The fourth-order valence-corrected chi connectivity index (χ4v) is 3.08. The second-order valence-corrected chi connectivity index (χ2v) is 6.64. The number of benzene rings is 1. The molecule has 0 spiro atoms. The maximum atomic E-state index is 13.1. The minimum absolute atomic E-state index is 0.0640. The third-order valence-electron chi connectivity index (χ3n) is 4.69. The lowest BCUT2D eigenvalue weighted by Gasteiger charge is -2.37. The van der Waals surface area contributed by atoms with Crippen LogP contribution in [-0.4, -0.2) is 29.6 Å². The van der Waals surface area contributed by atoms with Crippen LogP contribution in [0.1, 0.15) is 36.9 Å². The molecule has 1 aromatic carbocycles. The molecule has 25 heavy (non-hydrogen) atoms. The highest BCUT2D eigenvalue weighted by Gasteiger charge is 2.42. The van der Waals surface area contributed by atoms with E-state index in [1.807, 2.05) is 50.2 Å². The van der Waals surface area contributed by atoms with Gasteiger partial charge in [0.25, 0.3) is 5.91 Å². The summed E-state index contributed by atoms with van der Waals surface area (Å²) in [5.74, 6) is 0.669. The molecule has 5 nitrogen and oxygen atoms in total. The predicted molar refractivity (Wildman–Crippen MR) is 97.4 cm³/mol. The molecule has 3 rings (SSSR count). The summed E-state index contributed by atoms with van der Waals surface area (Å²) in [6.45, 7) is 5.53. The highest BCUT2D eigenvalue weighted by atomic mass is 16.5. The molecule has 1 fully saturated rings. The standard InChI is InChI=1S/C20H25N3O2/c1-15-5-7-18(8-6-15)25-20(9-12-21-13-10-20)19(24)23-16(2)17-4-3-11-22-14-17/h3-8,11,14,16,21H,9-10,12-13H2,1-2H3,(H,23,24). The van der Waals surface area contributed by atoms with Crippen LogP contribution in [0.3, 0.4) is 0 Å². The minimum Gasteiger partial charge on any atom is -0.477 e. The number of hydrogen-bond acceptors (Lipinski definition) is 4. The van der Waals surface area contributed by atoms with Gasteiger partial charge < -0.3 is 15.4 Å². The van der Waals surface area contributed by atoms with Crippen molar-refractivity contribution in [2.75, 3.05) is 13.1 Å². The number of aromatic nitrogens is 1. The molecule has 0 radical (unpaired) electrons. The molecule has 0 bridgehead atoms. The minimum atomic E-state index is -0.836. The molecule has 0 saturated carbocycles. The number of carbonyl (C=O) groups is 1. The summed E-state index contributed by atoms with van der Waals surface area (Å²) >= 11 is 0. The quantitative estimate of drug-likeness (QED) is 0.879. The summed E-state index contributed by atoms with van der Waals surface area (Å²) in [6.07, 6.45) is 4.80. The number of carbonyl (C=O) groups excluding carboxylic acids is 1. The number of piperidine rings is 1. The number of ether oxygens (including phenoxy) is 1. The lowest BCUT2D eigenvalue weighted by Crippen LogP contribution is -2.56. The molecular formula is C20H25N3O2. The van der Waals surface area contributed by atoms with Crippen LogP contribution in [0.2, 0.25) is 0 Å². The van der Waals surface area contributed by atoms with Crippen molar-refractivity contribution in [1.82, 2.24) is 15.6 Å². The van der Waals surface area contributed by atoms with Crippen LogP contribution in [0.4, 0.5) is 0 Å². The lowest BCUT2D eigenvalue weighted by atomic mass is 9.90. The van der Waals surface area contributed by atoms with E-state index in [0.29, 0.717) is 12.8 Å². The van der Waals surface area contributed by atoms with Gasteiger partial charge in [0, 0.05) is 25.2 Å². The fourth-order valence-electron chi connectivity index (χ4n) is 3.08. The normalized spacial score (nSPS) is 17.5. The zero-order chi connectivity index (χ0) is 17.7. The first kappa shape index (κ1) is 17.4. The Morgan fingerprint density at radius 1 is 1.24 bits per heavy atom. The van der Waals surface area contributed by atoms with Crippen molar-refractivity contribution in [3.8, 4) is 5.75 Å². The first-order valence-electron chi connectivity index (χ1n) is 8.76. The Morgan fingerprint density at radius 2 is 1.96 bits per heavy atom. The van der Waals surface area contributed by atoms with Crippen molar-refractivity contribution in [2.24, 2.45) is 0 Å². The predicted octanol–water partition coefficient (Wildman–Crippen LogP) is 2.77. The third kappa shape index (κ3) is 4.17. The summed E-state index contributed by atoms with van der Waals surface area (Å²) in [5.41, 5.74) is 1.31. The number of amides is 1. The lowest BCUT2D eigenvalue weighted by molar-refractivity contribution is -0.140. The molecule has 5 heteroatoms. The van der Waals surface area contributed by atoms with E-state index in [0.717, 1.165) is 24.4 Å². The van der Waals surface area contributed by atoms with E-state index in [1.165, 1.54) is 5.56 Å². The van der Waals surface area contributed by atoms with Gasteiger partial charge in [-0.05, 0) is 50.7 Å². The van der Waals surface area contributed by atoms with Crippen LogP contribution in [0.15, 0.2) is 48.8 Å². The van der Waals surface area contributed by atoms with Gasteiger partial charge in [0.05, 0.1) is 6.04 Å². The van der Waals surface area contributed by atoms with Gasteiger partial charge in [0.2, 0.25) is 0 Å². The Hall–Kier alpha value is -2.40. The molecule has 0 aliphatic carbocycles. The van der Waals surface area contributed by atoms with Crippen molar-refractivity contribution in [1.29, 1.82) is 0 Å². The second-order valence-electron chi connectivity index (χ2n) is 6.64.